The van der Waals surface area contributed by atoms with Gasteiger partial charge in [0.1, 0.15) is 10.7 Å². The number of hydrogen-bond donors (Lipinski definition) is 2. The number of rotatable bonds is 7. The number of pyridine rings is 1. The van der Waals surface area contributed by atoms with Gasteiger partial charge in [0, 0.05) is 31.2 Å². The molecule has 24 heavy (non-hydrogen) atoms. The molecule has 2 heterocycles. The van der Waals surface area contributed by atoms with Crippen LogP contribution in [0.15, 0.2) is 23.2 Å². The summed E-state index contributed by atoms with van der Waals surface area (Å²) in [5.74, 6) is 1.28. The molecule has 134 valence electrons. The number of hydrogen-bond acceptors (Lipinski definition) is 5. The maximum absolute atomic E-state index is 12.2. The Bertz CT molecular complexity index is 652. The zero-order valence-electron chi connectivity index (χ0n) is 14.2. The molecule has 0 bridgehead atoms. The lowest BCUT2D eigenvalue weighted by molar-refractivity contribution is 0.101. The zero-order valence-corrected chi connectivity index (χ0v) is 15.1. The second-order valence-electron chi connectivity index (χ2n) is 7.18. The lowest BCUT2D eigenvalue weighted by atomic mass is 9.78. The molecule has 3 rings (SSSR count). The minimum atomic E-state index is -3.47. The van der Waals surface area contributed by atoms with Crippen LogP contribution in [0.4, 0.5) is 5.82 Å². The van der Waals surface area contributed by atoms with Gasteiger partial charge in [-0.15, -0.1) is 0 Å². The largest absolute Gasteiger partial charge is 0.396 e. The molecule has 0 radical (unpaired) electrons. The Labute approximate surface area is 144 Å². The summed E-state index contributed by atoms with van der Waals surface area (Å²) in [4.78, 5) is 6.74. The normalized spacial score (nSPS) is 25.0. The van der Waals surface area contributed by atoms with Crippen LogP contribution in [0.3, 0.4) is 0 Å². The first-order valence-electron chi connectivity index (χ1n) is 8.79. The van der Waals surface area contributed by atoms with Gasteiger partial charge in [-0.25, -0.2) is 18.1 Å². The van der Waals surface area contributed by atoms with Gasteiger partial charge in [0.2, 0.25) is 10.0 Å². The number of anilines is 1. The molecule has 6 nitrogen and oxygen atoms in total. The van der Waals surface area contributed by atoms with Crippen molar-refractivity contribution in [2.24, 2.45) is 11.3 Å². The molecule has 7 heteroatoms. The van der Waals surface area contributed by atoms with E-state index in [1.165, 1.54) is 6.20 Å². The van der Waals surface area contributed by atoms with Crippen LogP contribution in [0.1, 0.15) is 39.0 Å². The molecule has 1 aliphatic carbocycles. The first-order valence-corrected chi connectivity index (χ1v) is 10.3. The van der Waals surface area contributed by atoms with Crippen molar-refractivity contribution in [1.82, 2.24) is 9.71 Å². The Morgan fingerprint density at radius 1 is 1.42 bits per heavy atom. The fourth-order valence-corrected chi connectivity index (χ4v) is 4.34. The average Bonchev–Trinajstić information content (AvgIpc) is 3.45. The lowest BCUT2D eigenvalue weighted by Crippen LogP contribution is -2.45. The number of aliphatic hydroxyl groups is 1. The quantitative estimate of drug-likeness (QED) is 0.780. The number of nitrogens with one attached hydrogen (secondary N) is 1. The van der Waals surface area contributed by atoms with Crippen LogP contribution >= 0.6 is 0 Å². The van der Waals surface area contributed by atoms with Gasteiger partial charge in [-0.1, -0.05) is 6.92 Å². The monoisotopic (exact) mass is 353 g/mol. The van der Waals surface area contributed by atoms with Gasteiger partial charge in [-0.2, -0.15) is 0 Å². The first-order chi connectivity index (χ1) is 11.5. The molecule has 1 saturated heterocycles. The van der Waals surface area contributed by atoms with E-state index in [-0.39, 0.29) is 16.9 Å². The van der Waals surface area contributed by atoms with Crippen LogP contribution in [-0.2, 0) is 10.0 Å². The lowest BCUT2D eigenvalue weighted by Gasteiger charge is -2.41. The van der Waals surface area contributed by atoms with Gasteiger partial charge < -0.3 is 10.0 Å². The van der Waals surface area contributed by atoms with Gasteiger partial charge in [-0.05, 0) is 50.2 Å². The molecular weight excluding hydrogens is 326 g/mol. The van der Waals surface area contributed by atoms with Crippen molar-refractivity contribution >= 4 is 15.8 Å². The number of piperidine rings is 1. The summed E-state index contributed by atoms with van der Waals surface area (Å²) in [5, 5.41) is 9.73. The molecule has 1 atom stereocenters. The van der Waals surface area contributed by atoms with Crippen LogP contribution in [0.25, 0.3) is 0 Å². The maximum Gasteiger partial charge on any atom is 0.242 e. The summed E-state index contributed by atoms with van der Waals surface area (Å²) in [6, 6.07) is 3.40. The second-order valence-corrected chi connectivity index (χ2v) is 8.95. The topological polar surface area (TPSA) is 82.5 Å². The van der Waals surface area contributed by atoms with Crippen molar-refractivity contribution in [2.75, 3.05) is 31.1 Å². The van der Waals surface area contributed by atoms with Crippen molar-refractivity contribution in [3.05, 3.63) is 18.3 Å². The van der Waals surface area contributed by atoms with Gasteiger partial charge >= 0.3 is 0 Å². The number of aromatic nitrogens is 1. The van der Waals surface area contributed by atoms with Crippen LogP contribution in [-0.4, -0.2) is 44.7 Å². The van der Waals surface area contributed by atoms with E-state index in [4.69, 9.17) is 0 Å². The molecule has 1 aromatic rings. The predicted octanol–water partition coefficient (Wildman–Crippen LogP) is 1.76. The Hall–Kier alpha value is -1.18. The molecule has 2 fully saturated rings. The van der Waals surface area contributed by atoms with Crippen LogP contribution in [0.2, 0.25) is 0 Å². The van der Waals surface area contributed by atoms with Gasteiger partial charge in [0.15, 0.2) is 0 Å². The van der Waals surface area contributed by atoms with E-state index in [9.17, 15) is 13.5 Å². The Kier molecular flexibility index (Phi) is 5.13. The highest BCUT2D eigenvalue weighted by Gasteiger charge is 2.34. The van der Waals surface area contributed by atoms with Crippen molar-refractivity contribution in [1.29, 1.82) is 0 Å². The van der Waals surface area contributed by atoms with Gasteiger partial charge in [0.05, 0.1) is 6.61 Å². The summed E-state index contributed by atoms with van der Waals surface area (Å²) in [7, 11) is -3.47. The number of aliphatic hydroxyl groups excluding tert-OH is 1. The van der Waals surface area contributed by atoms with Crippen molar-refractivity contribution in [2.45, 2.75) is 43.9 Å². The summed E-state index contributed by atoms with van der Waals surface area (Å²) in [6.07, 6.45) is 6.62. The van der Waals surface area contributed by atoms with E-state index in [0.29, 0.717) is 12.5 Å². The zero-order chi connectivity index (χ0) is 17.2. The van der Waals surface area contributed by atoms with E-state index in [1.54, 1.807) is 12.1 Å². The molecule has 1 saturated carbocycles. The molecule has 0 amide bonds. The average molecular weight is 353 g/mol. The third-order valence-corrected chi connectivity index (χ3v) is 6.77. The molecule has 0 aromatic carbocycles. The highest BCUT2D eigenvalue weighted by atomic mass is 32.2. The molecule has 1 aliphatic heterocycles. The molecule has 2 aliphatic rings. The Morgan fingerprint density at radius 3 is 2.79 bits per heavy atom. The summed E-state index contributed by atoms with van der Waals surface area (Å²) >= 11 is 0. The minimum Gasteiger partial charge on any atom is -0.396 e. The van der Waals surface area contributed by atoms with E-state index in [1.807, 2.05) is 0 Å². The Morgan fingerprint density at radius 2 is 2.21 bits per heavy atom. The van der Waals surface area contributed by atoms with E-state index in [2.05, 4.69) is 21.5 Å². The van der Waals surface area contributed by atoms with E-state index >= 15 is 0 Å². The third kappa shape index (κ3) is 3.90. The highest BCUT2D eigenvalue weighted by molar-refractivity contribution is 7.89. The predicted molar refractivity (Wildman–Crippen MR) is 93.4 cm³/mol. The van der Waals surface area contributed by atoms with Crippen molar-refractivity contribution < 1.29 is 13.5 Å². The number of sulfonamides is 1. The first kappa shape index (κ1) is 17.6. The second kappa shape index (κ2) is 6.98. The van der Waals surface area contributed by atoms with Crippen LogP contribution < -0.4 is 9.62 Å². The van der Waals surface area contributed by atoms with Crippen molar-refractivity contribution in [3.8, 4) is 0 Å². The minimum absolute atomic E-state index is 0.0729. The molecule has 1 aromatic heterocycles. The summed E-state index contributed by atoms with van der Waals surface area (Å²) in [5.41, 5.74) is -0.0729. The Balaban J connectivity index is 1.69. The van der Waals surface area contributed by atoms with E-state index in [0.717, 1.165) is 51.0 Å². The maximum atomic E-state index is 12.2. The third-order valence-electron chi connectivity index (χ3n) is 5.36. The fraction of sp³-hybridized carbons (Fsp3) is 0.706. The van der Waals surface area contributed by atoms with Gasteiger partial charge in [0.25, 0.3) is 0 Å². The van der Waals surface area contributed by atoms with Gasteiger partial charge in [-0.3, -0.25) is 0 Å². The van der Waals surface area contributed by atoms with Crippen molar-refractivity contribution in [3.63, 3.8) is 0 Å². The fourth-order valence-electron chi connectivity index (χ4n) is 3.28. The molecular formula is C17H27N3O3S. The number of nitrogens with zero attached hydrogens (tertiary/aromatic N) is 2. The smallest absolute Gasteiger partial charge is 0.242 e. The molecule has 2 N–H and O–H groups in total. The summed E-state index contributed by atoms with van der Waals surface area (Å²) < 4.78 is 27.2. The highest BCUT2D eigenvalue weighted by Crippen LogP contribution is 2.34. The SMILES string of the molecule is CCC1(CO)CCCN(c2ccc(S(=O)(=O)NCC3CC3)cn2)C1. The van der Waals surface area contributed by atoms with E-state index < -0.39 is 10.0 Å². The standard InChI is InChI=1S/C17H27N3O3S/c1-2-17(13-21)8-3-9-20(12-17)16-7-6-15(11-18-16)24(22,23)19-10-14-4-5-14/h6-7,11,14,19,21H,2-5,8-10,12-13H2,1H3. The van der Waals surface area contributed by atoms with Crippen LogP contribution in [0.5, 0.6) is 0 Å². The van der Waals surface area contributed by atoms with Crippen LogP contribution in [0, 0.1) is 11.3 Å². The molecule has 0 spiro atoms. The summed E-state index contributed by atoms with van der Waals surface area (Å²) in [6.45, 7) is 4.46. The molecule has 1 unspecified atom stereocenters.